The molecular formula is C20H20F3N3O3. The van der Waals surface area contributed by atoms with Gasteiger partial charge in [0.15, 0.2) is 11.2 Å². The fraction of sp³-hybridized carbons (Fsp3) is 0.350. The van der Waals surface area contributed by atoms with E-state index in [1.165, 1.54) is 4.57 Å². The van der Waals surface area contributed by atoms with E-state index in [0.29, 0.717) is 11.1 Å². The number of nitrogens with one attached hydrogen (secondary N) is 1. The van der Waals surface area contributed by atoms with E-state index < -0.39 is 17.5 Å². The number of halogens is 3. The number of piperidine rings is 1. The lowest BCUT2D eigenvalue weighted by Crippen LogP contribution is -2.53. The van der Waals surface area contributed by atoms with E-state index in [2.05, 4.69) is 5.32 Å². The summed E-state index contributed by atoms with van der Waals surface area (Å²) in [7, 11) is 1.64. The maximum Gasteiger partial charge on any atom is 0.419 e. The van der Waals surface area contributed by atoms with Gasteiger partial charge in [-0.25, -0.2) is 4.79 Å². The molecule has 154 valence electrons. The molecule has 0 atom stereocenters. The Kier molecular flexibility index (Phi) is 4.57. The number of rotatable bonds is 3. The zero-order chi connectivity index (χ0) is 20.8. The van der Waals surface area contributed by atoms with Crippen LogP contribution in [0.1, 0.15) is 12.8 Å². The van der Waals surface area contributed by atoms with Crippen molar-refractivity contribution in [2.24, 2.45) is 7.05 Å². The Morgan fingerprint density at radius 1 is 1.07 bits per heavy atom. The molecular weight excluding hydrogens is 387 g/mol. The summed E-state index contributed by atoms with van der Waals surface area (Å²) in [5.41, 5.74) is 0.896. The molecule has 4 rings (SSSR count). The molecule has 1 aliphatic heterocycles. The molecule has 1 aliphatic rings. The highest BCUT2D eigenvalue weighted by molar-refractivity contribution is 5.79. The predicted octanol–water partition coefficient (Wildman–Crippen LogP) is 3.77. The molecule has 3 aromatic rings. The largest absolute Gasteiger partial charge is 0.419 e. The summed E-state index contributed by atoms with van der Waals surface area (Å²) >= 11 is 0. The van der Waals surface area contributed by atoms with Gasteiger partial charge in [0, 0.05) is 56.1 Å². The summed E-state index contributed by atoms with van der Waals surface area (Å²) in [4.78, 5) is 13.4. The highest BCUT2D eigenvalue weighted by atomic mass is 19.4. The van der Waals surface area contributed by atoms with Crippen LogP contribution in [-0.2, 0) is 7.05 Å². The van der Waals surface area contributed by atoms with Gasteiger partial charge in [0.1, 0.15) is 0 Å². The number of nitrogens with zero attached hydrogens (tertiary/aromatic N) is 2. The molecule has 2 heterocycles. The molecule has 0 bridgehead atoms. The topological polar surface area (TPSA) is 70.6 Å². The number of fused-ring (bicyclic) bond motifs is 1. The Bertz CT molecular complexity index is 1080. The Morgan fingerprint density at radius 3 is 2.31 bits per heavy atom. The van der Waals surface area contributed by atoms with Gasteiger partial charge in [0.05, 0.1) is 5.52 Å². The minimum absolute atomic E-state index is 0.131. The van der Waals surface area contributed by atoms with Crippen molar-refractivity contribution in [3.8, 4) is 0 Å². The third-order valence-corrected chi connectivity index (χ3v) is 5.43. The molecule has 1 aromatic heterocycles. The first-order valence-electron chi connectivity index (χ1n) is 9.17. The van der Waals surface area contributed by atoms with Gasteiger partial charge in [-0.05, 0) is 36.4 Å². The first-order valence-corrected chi connectivity index (χ1v) is 9.17. The standard InChI is InChI=1S/C20H20F3N3O3/c1-25-16-7-4-14(12-17(16)29-18(25)27)24-13-2-5-15(6-3-13)26-10-8-19(28,9-11-26)20(21,22)23/h2-7,12,24,28H,8-11H2,1H3. The SMILES string of the molecule is Cn1c(=O)oc2cc(Nc3ccc(N4CCC(O)(C(F)(F)F)CC4)cc3)ccc21. The summed E-state index contributed by atoms with van der Waals surface area (Å²) in [6, 6.07) is 12.6. The van der Waals surface area contributed by atoms with Gasteiger partial charge in [-0.3, -0.25) is 4.57 Å². The molecule has 9 heteroatoms. The molecule has 0 spiro atoms. The van der Waals surface area contributed by atoms with Crippen LogP contribution < -0.4 is 16.0 Å². The summed E-state index contributed by atoms with van der Waals surface area (Å²) in [5, 5.41) is 13.0. The quantitative estimate of drug-likeness (QED) is 0.692. The maximum absolute atomic E-state index is 12.9. The third-order valence-electron chi connectivity index (χ3n) is 5.43. The smallest absolute Gasteiger partial charge is 0.408 e. The minimum Gasteiger partial charge on any atom is -0.408 e. The normalized spacial score (nSPS) is 16.9. The average molecular weight is 407 g/mol. The third kappa shape index (κ3) is 3.57. The maximum atomic E-state index is 12.9. The lowest BCUT2D eigenvalue weighted by molar-refractivity contribution is -0.266. The van der Waals surface area contributed by atoms with Crippen molar-refractivity contribution in [1.82, 2.24) is 4.57 Å². The van der Waals surface area contributed by atoms with Crippen molar-refractivity contribution in [2.45, 2.75) is 24.6 Å². The van der Waals surface area contributed by atoms with Crippen molar-refractivity contribution in [3.05, 3.63) is 53.0 Å². The second-order valence-corrected chi connectivity index (χ2v) is 7.30. The number of aliphatic hydroxyl groups is 1. The molecule has 1 saturated heterocycles. The Labute approximate surface area is 164 Å². The van der Waals surface area contributed by atoms with E-state index >= 15 is 0 Å². The van der Waals surface area contributed by atoms with Crippen LogP contribution in [0.15, 0.2) is 51.7 Å². The molecule has 0 saturated carbocycles. The highest BCUT2D eigenvalue weighted by Crippen LogP contribution is 2.39. The van der Waals surface area contributed by atoms with E-state index in [0.717, 1.165) is 17.1 Å². The minimum atomic E-state index is -4.61. The Balaban J connectivity index is 1.44. The number of aryl methyl sites for hydroxylation is 1. The van der Waals surface area contributed by atoms with Crippen LogP contribution in [0.4, 0.5) is 30.2 Å². The van der Waals surface area contributed by atoms with Crippen LogP contribution in [-0.4, -0.2) is 34.5 Å². The number of benzene rings is 2. The first-order chi connectivity index (χ1) is 13.7. The van der Waals surface area contributed by atoms with E-state index in [4.69, 9.17) is 4.42 Å². The second kappa shape index (κ2) is 6.84. The number of anilines is 3. The van der Waals surface area contributed by atoms with Gasteiger partial charge in [0.25, 0.3) is 0 Å². The Morgan fingerprint density at radius 2 is 1.69 bits per heavy atom. The molecule has 6 nitrogen and oxygen atoms in total. The number of hydrogen-bond acceptors (Lipinski definition) is 5. The lowest BCUT2D eigenvalue weighted by Gasteiger charge is -2.40. The number of alkyl halides is 3. The van der Waals surface area contributed by atoms with Crippen molar-refractivity contribution in [3.63, 3.8) is 0 Å². The van der Waals surface area contributed by atoms with Crippen LogP contribution in [0.5, 0.6) is 0 Å². The van der Waals surface area contributed by atoms with Crippen molar-refractivity contribution < 1.29 is 22.7 Å². The molecule has 0 unspecified atom stereocenters. The molecule has 1 fully saturated rings. The van der Waals surface area contributed by atoms with Gasteiger partial charge in [-0.2, -0.15) is 13.2 Å². The van der Waals surface area contributed by atoms with E-state index in [1.807, 2.05) is 35.2 Å². The van der Waals surface area contributed by atoms with Crippen LogP contribution >= 0.6 is 0 Å². The molecule has 0 aliphatic carbocycles. The van der Waals surface area contributed by atoms with Crippen LogP contribution in [0, 0.1) is 0 Å². The summed E-state index contributed by atoms with van der Waals surface area (Å²) in [5.74, 6) is -0.430. The van der Waals surface area contributed by atoms with Gasteiger partial charge in [-0.1, -0.05) is 0 Å². The fourth-order valence-corrected chi connectivity index (χ4v) is 3.55. The predicted molar refractivity (Wildman–Crippen MR) is 104 cm³/mol. The summed E-state index contributed by atoms with van der Waals surface area (Å²) in [6.45, 7) is 0.263. The van der Waals surface area contributed by atoms with Crippen LogP contribution in [0.25, 0.3) is 11.1 Å². The molecule has 2 aromatic carbocycles. The molecule has 0 radical (unpaired) electrons. The first kappa shape index (κ1) is 19.4. The van der Waals surface area contributed by atoms with Crippen molar-refractivity contribution in [2.75, 3.05) is 23.3 Å². The Hall–Kier alpha value is -2.94. The molecule has 29 heavy (non-hydrogen) atoms. The highest BCUT2D eigenvalue weighted by Gasteiger charge is 2.54. The summed E-state index contributed by atoms with van der Waals surface area (Å²) < 4.78 is 45.4. The number of oxazole rings is 1. The van der Waals surface area contributed by atoms with Crippen LogP contribution in [0.2, 0.25) is 0 Å². The van der Waals surface area contributed by atoms with E-state index in [1.54, 1.807) is 19.2 Å². The fourth-order valence-electron chi connectivity index (χ4n) is 3.55. The summed E-state index contributed by atoms with van der Waals surface area (Å²) in [6.07, 6.45) is -5.30. The number of hydrogen-bond donors (Lipinski definition) is 2. The number of aromatic nitrogens is 1. The zero-order valence-electron chi connectivity index (χ0n) is 15.7. The zero-order valence-corrected chi connectivity index (χ0v) is 15.7. The van der Waals surface area contributed by atoms with Gasteiger partial charge < -0.3 is 19.7 Å². The molecule has 2 N–H and O–H groups in total. The van der Waals surface area contributed by atoms with Gasteiger partial charge in [-0.15, -0.1) is 0 Å². The van der Waals surface area contributed by atoms with Gasteiger partial charge >= 0.3 is 11.9 Å². The average Bonchev–Trinajstić information content (AvgIpc) is 2.96. The van der Waals surface area contributed by atoms with E-state index in [-0.39, 0.29) is 25.9 Å². The van der Waals surface area contributed by atoms with E-state index in [9.17, 15) is 23.1 Å². The molecule has 0 amide bonds. The lowest BCUT2D eigenvalue weighted by atomic mass is 9.90. The van der Waals surface area contributed by atoms with Crippen LogP contribution in [0.3, 0.4) is 0 Å². The monoisotopic (exact) mass is 407 g/mol. The second-order valence-electron chi connectivity index (χ2n) is 7.30. The van der Waals surface area contributed by atoms with Crippen molar-refractivity contribution >= 4 is 28.2 Å². The van der Waals surface area contributed by atoms with Crippen molar-refractivity contribution in [1.29, 1.82) is 0 Å². The van der Waals surface area contributed by atoms with Gasteiger partial charge in [0.2, 0.25) is 0 Å².